The number of hydrogen-bond acceptors (Lipinski definition) is 10. The van der Waals surface area contributed by atoms with Crippen LogP contribution in [0.5, 0.6) is 0 Å². The van der Waals surface area contributed by atoms with Gasteiger partial charge < -0.3 is 14.5 Å². The highest BCUT2D eigenvalue weighted by molar-refractivity contribution is 6.38. The largest absolute Gasteiger partial charge is 0.386 e. The summed E-state index contributed by atoms with van der Waals surface area (Å²) in [5.74, 6) is -5.37. The minimum atomic E-state index is -0.791. The maximum absolute atomic E-state index is 14.1. The van der Waals surface area contributed by atoms with E-state index in [-0.39, 0.29) is 55.9 Å². The molecule has 0 unspecified atom stereocenters. The molecule has 0 aliphatic carbocycles. The van der Waals surface area contributed by atoms with E-state index in [0.29, 0.717) is 44.1 Å². The van der Waals surface area contributed by atoms with Gasteiger partial charge in [-0.05, 0) is 95.1 Å². The predicted molar refractivity (Wildman–Crippen MR) is 201 cm³/mol. The normalized spacial score (nSPS) is 15.5. The summed E-state index contributed by atoms with van der Waals surface area (Å²) in [4.78, 5) is 110. The number of cyclic esters (lactones) is 4. The number of imide groups is 2. The average molecular weight is 750 g/mol. The summed E-state index contributed by atoms with van der Waals surface area (Å²) in [5, 5.41) is 1.22. The summed E-state index contributed by atoms with van der Waals surface area (Å²) in [7, 11) is 0. The van der Waals surface area contributed by atoms with Gasteiger partial charge in [0, 0.05) is 21.8 Å². The summed E-state index contributed by atoms with van der Waals surface area (Å²) in [5.41, 5.74) is 4.58. The monoisotopic (exact) mass is 749 g/mol. The van der Waals surface area contributed by atoms with Crippen LogP contribution in [0.4, 0.5) is 11.4 Å². The number of hydrogen-bond donors (Lipinski definition) is 1. The fourth-order valence-electron chi connectivity index (χ4n) is 8.18. The second-order valence-corrected chi connectivity index (χ2v) is 13.8. The van der Waals surface area contributed by atoms with Crippen molar-refractivity contribution in [2.75, 3.05) is 9.80 Å². The van der Waals surface area contributed by atoms with E-state index in [1.165, 1.54) is 24.3 Å². The first-order chi connectivity index (χ1) is 27.6. The van der Waals surface area contributed by atoms with Gasteiger partial charge in [-0.2, -0.15) is 0 Å². The lowest BCUT2D eigenvalue weighted by Crippen LogP contribution is -2.29. The number of esters is 4. The molecule has 7 aromatic rings. The lowest BCUT2D eigenvalue weighted by Gasteiger charge is -2.15. The van der Waals surface area contributed by atoms with Crippen molar-refractivity contribution in [3.05, 3.63) is 154 Å². The zero-order valence-electron chi connectivity index (χ0n) is 28.9. The molecule has 13 nitrogen and oxygen atoms in total. The number of carbonyl (C=O) groups is 8. The Labute approximate surface area is 318 Å². The predicted octanol–water partition coefficient (Wildman–Crippen LogP) is 6.88. The van der Waals surface area contributed by atoms with Crippen LogP contribution in [-0.2, 0) is 9.47 Å². The van der Waals surface area contributed by atoms with Crippen molar-refractivity contribution in [3.63, 3.8) is 0 Å². The molecule has 4 aliphatic rings. The van der Waals surface area contributed by atoms with Crippen LogP contribution in [0.1, 0.15) is 82.9 Å². The van der Waals surface area contributed by atoms with Crippen molar-refractivity contribution in [2.45, 2.75) is 0 Å². The van der Waals surface area contributed by atoms with E-state index < -0.39 is 47.5 Å². The molecule has 0 fully saturated rings. The van der Waals surface area contributed by atoms with Crippen molar-refractivity contribution in [2.24, 2.45) is 0 Å². The number of carbonyl (C=O) groups excluding carboxylic acids is 8. The second-order valence-electron chi connectivity index (χ2n) is 13.8. The van der Waals surface area contributed by atoms with Crippen molar-refractivity contribution < 1.29 is 47.8 Å². The molecule has 0 spiro atoms. The Morgan fingerprint density at radius 3 is 1.21 bits per heavy atom. The number of H-pyrrole nitrogens is 1. The number of fused-ring (bicyclic) bond motifs is 7. The van der Waals surface area contributed by atoms with E-state index >= 15 is 0 Å². The van der Waals surface area contributed by atoms with Crippen LogP contribution in [0, 0.1) is 0 Å². The Hall–Kier alpha value is -8.32. The topological polar surface area (TPSA) is 177 Å². The fraction of sp³-hybridized carbons (Fsp3) is 0. The van der Waals surface area contributed by atoms with Crippen molar-refractivity contribution in [3.8, 4) is 22.3 Å². The first-order valence-corrected chi connectivity index (χ1v) is 17.5. The number of aromatic amines is 1. The Morgan fingerprint density at radius 1 is 0.368 bits per heavy atom. The second kappa shape index (κ2) is 11.1. The molecule has 0 atom stereocenters. The molecule has 4 aliphatic heterocycles. The van der Waals surface area contributed by atoms with Crippen LogP contribution in [0.2, 0.25) is 0 Å². The van der Waals surface area contributed by atoms with Crippen LogP contribution in [-0.4, -0.2) is 52.5 Å². The van der Waals surface area contributed by atoms with E-state index in [0.717, 1.165) is 9.80 Å². The molecule has 11 rings (SSSR count). The van der Waals surface area contributed by atoms with E-state index in [9.17, 15) is 38.4 Å². The molecule has 1 N–H and O–H groups in total. The van der Waals surface area contributed by atoms with Crippen LogP contribution in [0.3, 0.4) is 0 Å². The first kappa shape index (κ1) is 32.1. The average Bonchev–Trinajstić information content (AvgIpc) is 3.96. The number of rotatable bonds is 4. The molecular formula is C44H19N3O10. The standard InChI is InChI=1S/C44H19N3O10/c48-37-27-5-1-3-23(19-7-11-25-31(15-19)43(54)56-41(25)52)35(27)39(50)46(37)21-9-13-33-29(17-21)30-18-22(10-14-34(30)45-33)47-38(49)28-6-2-4-24(36(28)40(47)51)20-8-12-26-32(16-20)44(55)57-42(26)53/h1-18,45H. The van der Waals surface area contributed by atoms with Gasteiger partial charge in [0.25, 0.3) is 23.6 Å². The summed E-state index contributed by atoms with van der Waals surface area (Å²) in [6.07, 6.45) is 0. The van der Waals surface area contributed by atoms with Gasteiger partial charge in [-0.25, -0.2) is 29.0 Å². The third-order valence-electron chi connectivity index (χ3n) is 10.8. The SMILES string of the molecule is O=C1OC(=O)c2cc(-c3cccc4c3C(=O)N(c3ccc5[nH]c6ccc(N7C(=O)c8cccc(-c9ccc%10c(c9)C(=O)OC%10=O)c8C7=O)cc6c5c3)C4=O)ccc21. The van der Waals surface area contributed by atoms with E-state index in [4.69, 9.17) is 9.47 Å². The highest BCUT2D eigenvalue weighted by atomic mass is 16.6. The van der Waals surface area contributed by atoms with Crippen molar-refractivity contribution in [1.29, 1.82) is 0 Å². The number of ether oxygens (including phenoxy) is 2. The summed E-state index contributed by atoms with van der Waals surface area (Å²) >= 11 is 0. The molecule has 1 aromatic heterocycles. The molecule has 0 radical (unpaired) electrons. The smallest absolute Gasteiger partial charge is 0.346 e. The van der Waals surface area contributed by atoms with Gasteiger partial charge in [-0.3, -0.25) is 19.2 Å². The number of nitrogens with one attached hydrogen (secondary N) is 1. The van der Waals surface area contributed by atoms with Gasteiger partial charge in [0.05, 0.1) is 55.9 Å². The molecule has 270 valence electrons. The molecule has 0 saturated carbocycles. The molecule has 4 amide bonds. The van der Waals surface area contributed by atoms with Crippen molar-refractivity contribution in [1.82, 2.24) is 4.98 Å². The maximum atomic E-state index is 14.1. The molecule has 6 aromatic carbocycles. The minimum absolute atomic E-state index is 0.0700. The Kier molecular flexibility index (Phi) is 6.27. The fourth-order valence-corrected chi connectivity index (χ4v) is 8.18. The maximum Gasteiger partial charge on any atom is 0.346 e. The van der Waals surface area contributed by atoms with Gasteiger partial charge in [0.1, 0.15) is 0 Å². The van der Waals surface area contributed by atoms with Gasteiger partial charge in [0.15, 0.2) is 0 Å². The van der Waals surface area contributed by atoms with Crippen LogP contribution >= 0.6 is 0 Å². The Balaban J connectivity index is 0.959. The van der Waals surface area contributed by atoms with Crippen molar-refractivity contribution >= 4 is 80.7 Å². The number of benzene rings is 6. The van der Waals surface area contributed by atoms with Gasteiger partial charge >= 0.3 is 23.9 Å². The van der Waals surface area contributed by atoms with E-state index in [2.05, 4.69) is 4.98 Å². The summed E-state index contributed by atoms with van der Waals surface area (Å²) in [6.45, 7) is 0. The Bertz CT molecular complexity index is 3000. The molecule has 57 heavy (non-hydrogen) atoms. The Morgan fingerprint density at radius 2 is 0.772 bits per heavy atom. The molecule has 5 heterocycles. The summed E-state index contributed by atoms with van der Waals surface area (Å²) in [6, 6.07) is 28.8. The van der Waals surface area contributed by atoms with Gasteiger partial charge in [-0.15, -0.1) is 0 Å². The zero-order chi connectivity index (χ0) is 39.0. The van der Waals surface area contributed by atoms with Gasteiger partial charge in [-0.1, -0.05) is 36.4 Å². The lowest BCUT2D eigenvalue weighted by molar-refractivity contribution is 0.0425. The minimum Gasteiger partial charge on any atom is -0.386 e. The van der Waals surface area contributed by atoms with E-state index in [1.807, 2.05) is 0 Å². The highest BCUT2D eigenvalue weighted by Gasteiger charge is 2.41. The van der Waals surface area contributed by atoms with Gasteiger partial charge in [0.2, 0.25) is 0 Å². The first-order valence-electron chi connectivity index (χ1n) is 17.5. The third kappa shape index (κ3) is 4.32. The number of aromatic nitrogens is 1. The van der Waals surface area contributed by atoms with Crippen LogP contribution in [0.15, 0.2) is 109 Å². The molecular weight excluding hydrogens is 730 g/mol. The molecule has 0 saturated heterocycles. The number of amides is 4. The number of nitrogens with zero attached hydrogens (tertiary/aromatic N) is 2. The lowest BCUT2D eigenvalue weighted by atomic mass is 9.94. The molecule has 13 heteroatoms. The van der Waals surface area contributed by atoms with Crippen LogP contribution < -0.4 is 9.80 Å². The highest BCUT2D eigenvalue weighted by Crippen LogP contribution is 2.41. The third-order valence-corrected chi connectivity index (χ3v) is 10.8. The number of anilines is 2. The quantitative estimate of drug-likeness (QED) is 0.113. The van der Waals surface area contributed by atoms with E-state index in [1.54, 1.807) is 84.9 Å². The molecule has 0 bridgehead atoms. The summed E-state index contributed by atoms with van der Waals surface area (Å²) < 4.78 is 9.44. The zero-order valence-corrected chi connectivity index (χ0v) is 28.9. The van der Waals surface area contributed by atoms with Crippen LogP contribution in [0.25, 0.3) is 44.1 Å².